The van der Waals surface area contributed by atoms with Crippen molar-refractivity contribution in [1.82, 2.24) is 30.0 Å². The van der Waals surface area contributed by atoms with Crippen molar-refractivity contribution >= 4 is 22.5 Å². The summed E-state index contributed by atoms with van der Waals surface area (Å²) in [6.07, 6.45) is 3.54. The van der Waals surface area contributed by atoms with E-state index in [9.17, 15) is 4.79 Å². The minimum atomic E-state index is -0.0363. The van der Waals surface area contributed by atoms with Crippen LogP contribution in [0, 0.1) is 6.92 Å². The van der Waals surface area contributed by atoms with Gasteiger partial charge in [0.1, 0.15) is 11.6 Å². The first kappa shape index (κ1) is 20.2. The number of pyridine rings is 1. The summed E-state index contributed by atoms with van der Waals surface area (Å²) < 4.78 is 5.51. The molecule has 1 fully saturated rings. The normalized spacial score (nSPS) is 14.8. The minimum Gasteiger partial charge on any atom is -0.421 e. The number of ketones is 1. The molecular weight excluding hydrogens is 406 g/mol. The van der Waals surface area contributed by atoms with E-state index in [1.54, 1.807) is 25.4 Å². The second kappa shape index (κ2) is 8.43. The van der Waals surface area contributed by atoms with Crippen LogP contribution in [-0.4, -0.2) is 69.1 Å². The molecule has 4 aromatic rings. The van der Waals surface area contributed by atoms with E-state index in [4.69, 9.17) is 4.42 Å². The number of aryl methyl sites for hydroxylation is 1. The van der Waals surface area contributed by atoms with E-state index in [2.05, 4.69) is 42.0 Å². The summed E-state index contributed by atoms with van der Waals surface area (Å²) in [6, 6.07) is 9.28. The zero-order chi connectivity index (χ0) is 22.1. The van der Waals surface area contributed by atoms with Crippen LogP contribution in [0.3, 0.4) is 0 Å². The molecule has 0 bridgehead atoms. The molecule has 0 aliphatic carbocycles. The summed E-state index contributed by atoms with van der Waals surface area (Å²) in [5.41, 5.74) is 2.12. The summed E-state index contributed by atoms with van der Waals surface area (Å²) in [6.45, 7) is 5.51. The predicted octanol–water partition coefficient (Wildman–Crippen LogP) is 2.56. The standard InChI is InChI=1S/C23H23N7O2/c1-15-27-28-23(32-15)17-3-4-18-14-25-21(26-19(18)11-17)13-20(31)16-5-6-24-22(12-16)30-9-7-29(2)8-10-30/h3-6,11-12,14H,7-10,13H2,1-2H3. The molecule has 1 aliphatic rings. The lowest BCUT2D eigenvalue weighted by Gasteiger charge is -2.33. The zero-order valence-corrected chi connectivity index (χ0v) is 18.0. The van der Waals surface area contributed by atoms with Crippen molar-refractivity contribution in [2.45, 2.75) is 13.3 Å². The van der Waals surface area contributed by atoms with Crippen molar-refractivity contribution in [2.24, 2.45) is 0 Å². The second-order valence-electron chi connectivity index (χ2n) is 7.98. The van der Waals surface area contributed by atoms with Gasteiger partial charge in [0, 0.05) is 62.0 Å². The van der Waals surface area contributed by atoms with Crippen LogP contribution in [-0.2, 0) is 6.42 Å². The van der Waals surface area contributed by atoms with Crippen LogP contribution >= 0.6 is 0 Å². The van der Waals surface area contributed by atoms with Gasteiger partial charge in [-0.05, 0) is 31.3 Å². The number of carbonyl (C=O) groups is 1. The highest BCUT2D eigenvalue weighted by Gasteiger charge is 2.17. The van der Waals surface area contributed by atoms with Gasteiger partial charge in [-0.3, -0.25) is 4.79 Å². The van der Waals surface area contributed by atoms with E-state index in [1.807, 2.05) is 24.3 Å². The highest BCUT2D eigenvalue weighted by Crippen LogP contribution is 2.22. The third kappa shape index (κ3) is 4.19. The molecule has 1 aliphatic heterocycles. The average molecular weight is 429 g/mol. The van der Waals surface area contributed by atoms with E-state index in [-0.39, 0.29) is 12.2 Å². The fourth-order valence-electron chi connectivity index (χ4n) is 3.74. The number of Topliss-reactive ketones (excluding diaryl/α,β-unsaturated/α-hetero) is 1. The van der Waals surface area contributed by atoms with E-state index in [0.29, 0.717) is 23.2 Å². The number of nitrogens with zero attached hydrogens (tertiary/aromatic N) is 7. The molecule has 9 heteroatoms. The van der Waals surface area contributed by atoms with E-state index >= 15 is 0 Å². The van der Waals surface area contributed by atoms with Gasteiger partial charge in [-0.15, -0.1) is 10.2 Å². The van der Waals surface area contributed by atoms with Crippen LogP contribution in [0.25, 0.3) is 22.4 Å². The van der Waals surface area contributed by atoms with E-state index in [1.165, 1.54) is 0 Å². The summed E-state index contributed by atoms with van der Waals surface area (Å²) in [4.78, 5) is 30.9. The number of rotatable bonds is 5. The van der Waals surface area contributed by atoms with Crippen LogP contribution in [0.4, 0.5) is 5.82 Å². The molecule has 32 heavy (non-hydrogen) atoms. The Kier molecular flexibility index (Phi) is 5.32. The van der Waals surface area contributed by atoms with Gasteiger partial charge in [-0.1, -0.05) is 6.07 Å². The van der Waals surface area contributed by atoms with Crippen molar-refractivity contribution in [3.05, 3.63) is 60.0 Å². The fourth-order valence-corrected chi connectivity index (χ4v) is 3.74. The zero-order valence-electron chi connectivity index (χ0n) is 18.0. The Labute approximate surface area is 185 Å². The lowest BCUT2D eigenvalue weighted by molar-refractivity contribution is 0.0991. The number of likely N-dealkylation sites (N-methyl/N-ethyl adjacent to an activating group) is 1. The Morgan fingerprint density at radius 1 is 1.06 bits per heavy atom. The molecule has 0 atom stereocenters. The molecule has 162 valence electrons. The van der Waals surface area contributed by atoms with Crippen LogP contribution in [0.5, 0.6) is 0 Å². The Morgan fingerprint density at radius 3 is 2.69 bits per heavy atom. The maximum Gasteiger partial charge on any atom is 0.247 e. The monoisotopic (exact) mass is 429 g/mol. The molecule has 0 amide bonds. The van der Waals surface area contributed by atoms with Crippen LogP contribution in [0.1, 0.15) is 22.1 Å². The predicted molar refractivity (Wildman–Crippen MR) is 120 cm³/mol. The summed E-state index contributed by atoms with van der Waals surface area (Å²) in [5, 5.41) is 8.81. The number of anilines is 1. The van der Waals surface area contributed by atoms with Gasteiger partial charge in [0.25, 0.3) is 0 Å². The fraction of sp³-hybridized carbons (Fsp3) is 0.304. The molecule has 1 saturated heterocycles. The van der Waals surface area contributed by atoms with Gasteiger partial charge >= 0.3 is 0 Å². The number of hydrogen-bond acceptors (Lipinski definition) is 9. The number of carbonyl (C=O) groups excluding carboxylic acids is 1. The Balaban J connectivity index is 1.36. The van der Waals surface area contributed by atoms with Crippen molar-refractivity contribution in [2.75, 3.05) is 38.1 Å². The van der Waals surface area contributed by atoms with Gasteiger partial charge in [0.15, 0.2) is 5.78 Å². The Morgan fingerprint density at radius 2 is 1.91 bits per heavy atom. The smallest absolute Gasteiger partial charge is 0.247 e. The molecule has 4 heterocycles. The Hall–Kier alpha value is -3.72. The molecular formula is C23H23N7O2. The summed E-state index contributed by atoms with van der Waals surface area (Å²) in [7, 11) is 2.11. The maximum absolute atomic E-state index is 13.0. The van der Waals surface area contributed by atoms with Crippen molar-refractivity contribution in [3.63, 3.8) is 0 Å². The van der Waals surface area contributed by atoms with Gasteiger partial charge in [0.2, 0.25) is 11.8 Å². The van der Waals surface area contributed by atoms with E-state index in [0.717, 1.165) is 48.5 Å². The first-order chi connectivity index (χ1) is 15.5. The number of hydrogen-bond donors (Lipinski definition) is 0. The van der Waals surface area contributed by atoms with Gasteiger partial charge in [0.05, 0.1) is 11.9 Å². The molecule has 9 nitrogen and oxygen atoms in total. The SMILES string of the molecule is Cc1nnc(-c2ccc3cnc(CC(=O)c4ccnc(N5CCN(C)CC5)c4)nc3c2)o1. The average Bonchev–Trinajstić information content (AvgIpc) is 3.25. The number of fused-ring (bicyclic) bond motifs is 1. The lowest BCUT2D eigenvalue weighted by atomic mass is 10.1. The maximum atomic E-state index is 13.0. The van der Waals surface area contributed by atoms with Crippen LogP contribution < -0.4 is 4.90 Å². The molecule has 0 N–H and O–H groups in total. The first-order valence-electron chi connectivity index (χ1n) is 10.5. The van der Waals surface area contributed by atoms with Crippen molar-refractivity contribution in [3.8, 4) is 11.5 Å². The van der Waals surface area contributed by atoms with Gasteiger partial charge in [-0.25, -0.2) is 15.0 Å². The highest BCUT2D eigenvalue weighted by atomic mass is 16.4. The van der Waals surface area contributed by atoms with Crippen molar-refractivity contribution < 1.29 is 9.21 Å². The molecule has 1 aromatic carbocycles. The van der Waals surface area contributed by atoms with E-state index < -0.39 is 0 Å². The molecule has 0 saturated carbocycles. The summed E-state index contributed by atoms with van der Waals surface area (Å²) in [5.74, 6) is 2.21. The summed E-state index contributed by atoms with van der Waals surface area (Å²) >= 11 is 0. The lowest BCUT2D eigenvalue weighted by Crippen LogP contribution is -2.44. The molecule has 5 rings (SSSR count). The first-order valence-corrected chi connectivity index (χ1v) is 10.5. The van der Waals surface area contributed by atoms with Crippen molar-refractivity contribution in [1.29, 1.82) is 0 Å². The largest absolute Gasteiger partial charge is 0.421 e. The molecule has 0 spiro atoms. The molecule has 3 aromatic heterocycles. The van der Waals surface area contributed by atoms with Crippen LogP contribution in [0.2, 0.25) is 0 Å². The van der Waals surface area contributed by atoms with Crippen LogP contribution in [0.15, 0.2) is 47.1 Å². The second-order valence-corrected chi connectivity index (χ2v) is 7.98. The highest BCUT2D eigenvalue weighted by molar-refractivity contribution is 5.98. The molecule has 0 unspecified atom stereocenters. The minimum absolute atomic E-state index is 0.0363. The number of aromatic nitrogens is 5. The Bertz CT molecular complexity index is 1280. The van der Waals surface area contributed by atoms with Gasteiger partial charge in [-0.2, -0.15) is 0 Å². The topological polar surface area (TPSA) is 101 Å². The number of piperazine rings is 1. The number of benzene rings is 1. The molecule has 0 radical (unpaired) electrons. The van der Waals surface area contributed by atoms with Gasteiger partial charge < -0.3 is 14.2 Å². The quantitative estimate of drug-likeness (QED) is 0.443. The third-order valence-electron chi connectivity index (χ3n) is 5.62. The third-order valence-corrected chi connectivity index (χ3v) is 5.62.